The summed E-state index contributed by atoms with van der Waals surface area (Å²) in [6.07, 6.45) is 7.65. The van der Waals surface area contributed by atoms with Crippen LogP contribution in [0.5, 0.6) is 0 Å². The first-order valence-electron chi connectivity index (χ1n) is 13.7. The van der Waals surface area contributed by atoms with E-state index in [1.165, 1.54) is 18.4 Å². The number of nitrogens with one attached hydrogen (secondary N) is 1. The van der Waals surface area contributed by atoms with Crippen molar-refractivity contribution in [1.29, 1.82) is 0 Å². The van der Waals surface area contributed by atoms with Crippen LogP contribution in [0.25, 0.3) is 33.3 Å². The highest BCUT2D eigenvalue weighted by Gasteiger charge is 2.19. The predicted molar refractivity (Wildman–Crippen MR) is 162 cm³/mol. The SMILES string of the molecule is CCn1c(=O)c(-c2ccc(-c3cccnc3)cc2Cl)cc2cnc(Nc3ccc(C4CCN(C)CC4)cc3)nc21. The Morgan fingerprint density at radius 1 is 0.975 bits per heavy atom. The molecular formula is C32H31ClN6O. The monoisotopic (exact) mass is 550 g/mol. The standard InChI is InChI=1S/C32H31ClN6O/c1-3-39-30-25(17-28(31(39)40)27-11-8-23(18-29(27)33)24-5-4-14-34-19-24)20-35-32(37-30)36-26-9-6-21(7-10-26)22-12-15-38(2)16-13-22/h4-11,14,17-20,22H,3,12-13,15-16H2,1-2H3,(H,35,36,37). The summed E-state index contributed by atoms with van der Waals surface area (Å²) in [6, 6.07) is 19.9. The van der Waals surface area contributed by atoms with Crippen LogP contribution in [0.3, 0.4) is 0 Å². The number of hydrogen-bond acceptors (Lipinski definition) is 6. The molecule has 0 amide bonds. The number of benzene rings is 2. The lowest BCUT2D eigenvalue weighted by atomic mass is 9.89. The minimum atomic E-state index is -0.141. The van der Waals surface area contributed by atoms with Crippen molar-refractivity contribution in [1.82, 2.24) is 24.4 Å². The number of anilines is 2. The first-order valence-corrected chi connectivity index (χ1v) is 14.0. The van der Waals surface area contributed by atoms with Gasteiger partial charge in [0.25, 0.3) is 5.56 Å². The van der Waals surface area contributed by atoms with Gasteiger partial charge in [0.1, 0.15) is 5.65 Å². The fourth-order valence-electron chi connectivity index (χ4n) is 5.46. The lowest BCUT2D eigenvalue weighted by molar-refractivity contribution is 0.255. The summed E-state index contributed by atoms with van der Waals surface area (Å²) >= 11 is 6.70. The smallest absolute Gasteiger partial charge is 0.260 e. The Hall–Kier alpha value is -4.07. The molecule has 0 aliphatic carbocycles. The van der Waals surface area contributed by atoms with Crippen LogP contribution >= 0.6 is 11.6 Å². The third-order valence-electron chi connectivity index (χ3n) is 7.75. The van der Waals surface area contributed by atoms with Crippen LogP contribution in [0.2, 0.25) is 5.02 Å². The summed E-state index contributed by atoms with van der Waals surface area (Å²) in [5.74, 6) is 1.06. The van der Waals surface area contributed by atoms with Gasteiger partial charge in [0, 0.05) is 57.9 Å². The van der Waals surface area contributed by atoms with Crippen LogP contribution in [0.1, 0.15) is 31.2 Å². The quantitative estimate of drug-likeness (QED) is 0.252. The highest BCUT2D eigenvalue weighted by Crippen LogP contribution is 2.32. The summed E-state index contributed by atoms with van der Waals surface area (Å²) in [7, 11) is 2.18. The van der Waals surface area contributed by atoms with Crippen molar-refractivity contribution < 1.29 is 0 Å². The molecule has 1 N–H and O–H groups in total. The van der Waals surface area contributed by atoms with E-state index in [4.69, 9.17) is 16.6 Å². The summed E-state index contributed by atoms with van der Waals surface area (Å²) in [5, 5.41) is 4.58. The van der Waals surface area contributed by atoms with Crippen molar-refractivity contribution in [2.45, 2.75) is 32.2 Å². The van der Waals surface area contributed by atoms with Crippen molar-refractivity contribution >= 4 is 34.3 Å². The number of halogens is 1. The maximum Gasteiger partial charge on any atom is 0.260 e. The number of aryl methyl sites for hydroxylation is 1. The van der Waals surface area contributed by atoms with E-state index in [0.29, 0.717) is 40.2 Å². The molecule has 2 aromatic carbocycles. The van der Waals surface area contributed by atoms with Crippen LogP contribution in [0, 0.1) is 0 Å². The van der Waals surface area contributed by atoms with Gasteiger partial charge in [-0.25, -0.2) is 4.98 Å². The third-order valence-corrected chi connectivity index (χ3v) is 8.07. The molecule has 202 valence electrons. The molecule has 0 atom stereocenters. The van der Waals surface area contributed by atoms with Crippen LogP contribution in [-0.2, 0) is 6.54 Å². The fourth-order valence-corrected chi connectivity index (χ4v) is 5.74. The minimum absolute atomic E-state index is 0.141. The fraction of sp³-hybridized carbons (Fsp3) is 0.250. The number of hydrogen-bond donors (Lipinski definition) is 1. The summed E-state index contributed by atoms with van der Waals surface area (Å²) in [5.41, 5.74) is 5.83. The highest BCUT2D eigenvalue weighted by atomic mass is 35.5. The molecule has 4 heterocycles. The Kier molecular flexibility index (Phi) is 7.32. The zero-order chi connectivity index (χ0) is 27.6. The average Bonchev–Trinajstić information content (AvgIpc) is 2.98. The van der Waals surface area contributed by atoms with E-state index in [2.05, 4.69) is 51.5 Å². The van der Waals surface area contributed by atoms with Crippen LogP contribution in [0.4, 0.5) is 11.6 Å². The molecule has 40 heavy (non-hydrogen) atoms. The van der Waals surface area contributed by atoms with E-state index in [9.17, 15) is 4.79 Å². The van der Waals surface area contributed by atoms with Gasteiger partial charge in [0.2, 0.25) is 5.95 Å². The zero-order valence-corrected chi connectivity index (χ0v) is 23.4. The minimum Gasteiger partial charge on any atom is -0.324 e. The molecule has 0 spiro atoms. The van der Waals surface area contributed by atoms with E-state index >= 15 is 0 Å². The molecule has 0 saturated carbocycles. The maximum absolute atomic E-state index is 13.6. The number of aromatic nitrogens is 4. The van der Waals surface area contributed by atoms with Crippen molar-refractivity contribution in [3.63, 3.8) is 0 Å². The van der Waals surface area contributed by atoms with Crippen LogP contribution in [0.15, 0.2) is 84.0 Å². The van der Waals surface area contributed by atoms with E-state index < -0.39 is 0 Å². The van der Waals surface area contributed by atoms with E-state index in [-0.39, 0.29) is 5.56 Å². The lowest BCUT2D eigenvalue weighted by Crippen LogP contribution is -2.29. The molecule has 6 rings (SSSR count). The van der Waals surface area contributed by atoms with Crippen molar-refractivity contribution in [2.75, 3.05) is 25.5 Å². The van der Waals surface area contributed by atoms with Gasteiger partial charge in [-0.3, -0.25) is 14.3 Å². The van der Waals surface area contributed by atoms with Crippen LogP contribution < -0.4 is 10.9 Å². The van der Waals surface area contributed by atoms with Crippen molar-refractivity contribution in [3.05, 3.63) is 100 Å². The molecule has 1 saturated heterocycles. The molecule has 0 radical (unpaired) electrons. The number of fused-ring (bicyclic) bond motifs is 1. The second-order valence-corrected chi connectivity index (χ2v) is 10.7. The highest BCUT2D eigenvalue weighted by molar-refractivity contribution is 6.33. The predicted octanol–water partition coefficient (Wildman–Crippen LogP) is 6.75. The summed E-state index contributed by atoms with van der Waals surface area (Å²) in [4.78, 5) is 29.5. The first kappa shape index (κ1) is 26.2. The number of nitrogens with zero attached hydrogens (tertiary/aromatic N) is 5. The number of likely N-dealkylation sites (tertiary alicyclic amines) is 1. The average molecular weight is 551 g/mol. The third kappa shape index (κ3) is 5.22. The number of piperidine rings is 1. The molecule has 7 nitrogen and oxygen atoms in total. The van der Waals surface area contributed by atoms with E-state index in [1.807, 2.05) is 43.3 Å². The van der Waals surface area contributed by atoms with Gasteiger partial charge in [0.05, 0.1) is 0 Å². The van der Waals surface area contributed by atoms with Gasteiger partial charge in [-0.2, -0.15) is 4.98 Å². The van der Waals surface area contributed by atoms with Crippen molar-refractivity contribution in [3.8, 4) is 22.3 Å². The summed E-state index contributed by atoms with van der Waals surface area (Å²) < 4.78 is 1.67. The number of pyridine rings is 2. The molecule has 1 aliphatic rings. The second kappa shape index (κ2) is 11.2. The van der Waals surface area contributed by atoms with Gasteiger partial charge in [0.15, 0.2) is 0 Å². The topological polar surface area (TPSA) is 75.9 Å². The Labute approximate surface area is 238 Å². The van der Waals surface area contributed by atoms with Gasteiger partial charge < -0.3 is 10.2 Å². The van der Waals surface area contributed by atoms with Gasteiger partial charge in [-0.1, -0.05) is 41.9 Å². The van der Waals surface area contributed by atoms with Crippen LogP contribution in [-0.4, -0.2) is 44.6 Å². The zero-order valence-electron chi connectivity index (χ0n) is 22.6. The number of rotatable bonds is 6. The van der Waals surface area contributed by atoms with Gasteiger partial charge in [-0.15, -0.1) is 0 Å². The Morgan fingerprint density at radius 3 is 2.48 bits per heavy atom. The molecule has 1 aliphatic heterocycles. The first-order chi connectivity index (χ1) is 19.5. The molecule has 3 aromatic heterocycles. The molecule has 8 heteroatoms. The van der Waals surface area contributed by atoms with Gasteiger partial charge >= 0.3 is 0 Å². The second-order valence-electron chi connectivity index (χ2n) is 10.3. The van der Waals surface area contributed by atoms with E-state index in [0.717, 1.165) is 35.3 Å². The van der Waals surface area contributed by atoms with E-state index in [1.54, 1.807) is 23.2 Å². The van der Waals surface area contributed by atoms with Crippen molar-refractivity contribution in [2.24, 2.45) is 0 Å². The molecule has 0 bridgehead atoms. The Balaban J connectivity index is 1.28. The molecule has 1 fully saturated rings. The molecular weight excluding hydrogens is 520 g/mol. The Bertz CT molecular complexity index is 1710. The Morgan fingerprint density at radius 2 is 1.77 bits per heavy atom. The summed E-state index contributed by atoms with van der Waals surface area (Å²) in [6.45, 7) is 4.68. The molecule has 5 aromatic rings. The largest absolute Gasteiger partial charge is 0.324 e. The maximum atomic E-state index is 13.6. The molecule has 0 unspecified atom stereocenters. The van der Waals surface area contributed by atoms with Gasteiger partial charge in [-0.05, 0) is 87.3 Å². The lowest BCUT2D eigenvalue weighted by Gasteiger charge is -2.29. The normalized spacial score (nSPS) is 14.5.